The molecular weight excluding hydrogens is 389 g/mol. The minimum atomic E-state index is -0.0640. The summed E-state index contributed by atoms with van der Waals surface area (Å²) < 4.78 is 11.2. The highest BCUT2D eigenvalue weighted by atomic mass is 35.5. The van der Waals surface area contributed by atoms with Gasteiger partial charge in [-0.2, -0.15) is 0 Å². The molecular formula is C19H25Cl2N3O3. The topological polar surface area (TPSA) is 72.5 Å². The summed E-state index contributed by atoms with van der Waals surface area (Å²) in [5, 5.41) is 6.06. The van der Waals surface area contributed by atoms with Gasteiger partial charge in [0, 0.05) is 24.1 Å². The van der Waals surface area contributed by atoms with Crippen LogP contribution in [0.1, 0.15) is 18.4 Å². The van der Waals surface area contributed by atoms with E-state index in [1.807, 2.05) is 12.1 Å². The molecule has 1 aromatic heterocycles. The zero-order valence-corrected chi connectivity index (χ0v) is 16.8. The van der Waals surface area contributed by atoms with Crippen molar-refractivity contribution < 1.29 is 14.3 Å². The molecule has 1 aliphatic rings. The van der Waals surface area contributed by atoms with Crippen molar-refractivity contribution in [2.45, 2.75) is 19.4 Å². The van der Waals surface area contributed by atoms with Gasteiger partial charge in [0.2, 0.25) is 5.91 Å². The number of carbonyl (C=O) groups excluding carboxylic acids is 1. The number of nitrogens with one attached hydrogen (secondary N) is 2. The van der Waals surface area contributed by atoms with Gasteiger partial charge < -0.3 is 20.1 Å². The fraction of sp³-hybridized carbons (Fsp3) is 0.368. The number of aromatic nitrogens is 1. The molecule has 1 aromatic carbocycles. The lowest BCUT2D eigenvalue weighted by Crippen LogP contribution is -2.29. The van der Waals surface area contributed by atoms with Crippen LogP contribution in [0.4, 0.5) is 5.69 Å². The summed E-state index contributed by atoms with van der Waals surface area (Å²) in [6.07, 6.45) is 5.99. The van der Waals surface area contributed by atoms with Gasteiger partial charge in [-0.15, -0.1) is 24.8 Å². The van der Waals surface area contributed by atoms with Crippen molar-refractivity contribution in [3.8, 4) is 11.5 Å². The number of halogens is 2. The molecule has 0 saturated heterocycles. The number of amides is 1. The van der Waals surface area contributed by atoms with Crippen LogP contribution in [0.15, 0.2) is 42.7 Å². The Morgan fingerprint density at radius 1 is 1.15 bits per heavy atom. The second-order valence-corrected chi connectivity index (χ2v) is 6.13. The predicted molar refractivity (Wildman–Crippen MR) is 110 cm³/mol. The number of methoxy groups -OCH3 is 1. The number of benzene rings is 1. The van der Waals surface area contributed by atoms with Crippen LogP contribution in [-0.2, 0) is 11.4 Å². The molecule has 1 fully saturated rings. The Morgan fingerprint density at radius 2 is 1.89 bits per heavy atom. The minimum absolute atomic E-state index is 0. The van der Waals surface area contributed by atoms with Gasteiger partial charge >= 0.3 is 0 Å². The number of pyridine rings is 1. The number of hydrogen-bond donors (Lipinski definition) is 2. The number of nitrogens with zero attached hydrogens (tertiary/aromatic N) is 1. The highest BCUT2D eigenvalue weighted by Gasteiger charge is 2.20. The number of anilines is 1. The average molecular weight is 414 g/mol. The van der Waals surface area contributed by atoms with E-state index in [9.17, 15) is 4.79 Å². The van der Waals surface area contributed by atoms with Crippen LogP contribution in [0.5, 0.6) is 11.5 Å². The van der Waals surface area contributed by atoms with Gasteiger partial charge in [0.05, 0.1) is 13.7 Å². The molecule has 3 rings (SSSR count). The van der Waals surface area contributed by atoms with Crippen LogP contribution in [0, 0.1) is 5.92 Å². The Hall–Kier alpha value is -2.02. The van der Waals surface area contributed by atoms with Gasteiger partial charge in [-0.1, -0.05) is 0 Å². The van der Waals surface area contributed by atoms with Gasteiger partial charge in [0.15, 0.2) is 11.5 Å². The Labute approximate surface area is 171 Å². The summed E-state index contributed by atoms with van der Waals surface area (Å²) >= 11 is 0. The highest BCUT2D eigenvalue weighted by molar-refractivity contribution is 5.92. The van der Waals surface area contributed by atoms with Gasteiger partial charge in [0.25, 0.3) is 0 Å². The van der Waals surface area contributed by atoms with Gasteiger partial charge in [-0.25, -0.2) is 0 Å². The van der Waals surface area contributed by atoms with E-state index < -0.39 is 0 Å². The van der Waals surface area contributed by atoms with E-state index in [1.54, 1.807) is 37.7 Å². The lowest BCUT2D eigenvalue weighted by atomic mass is 10.2. The largest absolute Gasteiger partial charge is 0.493 e. The molecule has 0 bridgehead atoms. The monoisotopic (exact) mass is 413 g/mol. The van der Waals surface area contributed by atoms with Crippen LogP contribution in [0.25, 0.3) is 0 Å². The molecule has 8 heteroatoms. The Bertz CT molecular complexity index is 713. The number of ether oxygens (including phenoxy) is 2. The Kier molecular flexibility index (Phi) is 9.93. The van der Waals surface area contributed by atoms with E-state index >= 15 is 0 Å². The SMILES string of the molecule is COc1ccc(NC(=O)CNCC2CC2)cc1OCc1ccncc1.Cl.Cl. The van der Waals surface area contributed by atoms with E-state index in [0.717, 1.165) is 18.0 Å². The summed E-state index contributed by atoms with van der Waals surface area (Å²) in [4.78, 5) is 16.0. The van der Waals surface area contributed by atoms with Gasteiger partial charge in [-0.3, -0.25) is 9.78 Å². The van der Waals surface area contributed by atoms with Gasteiger partial charge in [-0.05, 0) is 55.1 Å². The molecule has 148 valence electrons. The van der Waals surface area contributed by atoms with E-state index in [2.05, 4.69) is 15.6 Å². The Balaban J connectivity index is 0.00000182. The standard InChI is InChI=1S/C19H23N3O3.2ClH/c1-24-17-5-4-16(22-19(23)12-21-11-14-2-3-14)10-18(17)25-13-15-6-8-20-9-7-15;;/h4-10,14,21H,2-3,11-13H2,1H3,(H,22,23);2*1H. The van der Waals surface area contributed by atoms with Crippen LogP contribution in [0.3, 0.4) is 0 Å². The predicted octanol–water partition coefficient (Wildman–Crippen LogP) is 3.45. The van der Waals surface area contributed by atoms with Crippen molar-refractivity contribution in [2.75, 3.05) is 25.5 Å². The van der Waals surface area contributed by atoms with E-state index in [0.29, 0.717) is 30.3 Å². The lowest BCUT2D eigenvalue weighted by Gasteiger charge is -2.13. The molecule has 1 saturated carbocycles. The first-order chi connectivity index (χ1) is 12.2. The fourth-order valence-electron chi connectivity index (χ4n) is 2.42. The summed E-state index contributed by atoms with van der Waals surface area (Å²) in [6.45, 7) is 1.63. The Morgan fingerprint density at radius 3 is 2.56 bits per heavy atom. The van der Waals surface area contributed by atoms with Crippen molar-refractivity contribution in [2.24, 2.45) is 5.92 Å². The average Bonchev–Trinajstić information content (AvgIpc) is 3.45. The molecule has 0 atom stereocenters. The highest BCUT2D eigenvalue weighted by Crippen LogP contribution is 2.31. The number of hydrogen-bond acceptors (Lipinski definition) is 5. The first-order valence-corrected chi connectivity index (χ1v) is 8.45. The van der Waals surface area contributed by atoms with Crippen molar-refractivity contribution in [3.05, 3.63) is 48.3 Å². The van der Waals surface area contributed by atoms with Crippen LogP contribution in [-0.4, -0.2) is 31.1 Å². The summed E-state index contributed by atoms with van der Waals surface area (Å²) in [7, 11) is 1.59. The molecule has 6 nitrogen and oxygen atoms in total. The molecule has 1 aliphatic carbocycles. The maximum Gasteiger partial charge on any atom is 0.238 e. The van der Waals surface area contributed by atoms with Crippen LogP contribution >= 0.6 is 24.8 Å². The second kappa shape index (κ2) is 11.6. The van der Waals surface area contributed by atoms with Crippen molar-refractivity contribution in [3.63, 3.8) is 0 Å². The zero-order chi connectivity index (χ0) is 17.5. The van der Waals surface area contributed by atoms with E-state index in [4.69, 9.17) is 9.47 Å². The van der Waals surface area contributed by atoms with Crippen molar-refractivity contribution >= 4 is 36.4 Å². The lowest BCUT2D eigenvalue weighted by molar-refractivity contribution is -0.115. The van der Waals surface area contributed by atoms with E-state index in [1.165, 1.54) is 12.8 Å². The number of rotatable bonds is 9. The summed E-state index contributed by atoms with van der Waals surface area (Å²) in [6, 6.07) is 9.15. The molecule has 27 heavy (non-hydrogen) atoms. The van der Waals surface area contributed by atoms with Crippen molar-refractivity contribution in [1.29, 1.82) is 0 Å². The van der Waals surface area contributed by atoms with Crippen molar-refractivity contribution in [1.82, 2.24) is 10.3 Å². The van der Waals surface area contributed by atoms with Crippen LogP contribution in [0.2, 0.25) is 0 Å². The number of carbonyl (C=O) groups is 1. The summed E-state index contributed by atoms with van der Waals surface area (Å²) in [5.41, 5.74) is 1.69. The third-order valence-corrected chi connectivity index (χ3v) is 4.01. The van der Waals surface area contributed by atoms with E-state index in [-0.39, 0.29) is 30.7 Å². The maximum absolute atomic E-state index is 12.0. The zero-order valence-electron chi connectivity index (χ0n) is 15.1. The maximum atomic E-state index is 12.0. The molecule has 0 radical (unpaired) electrons. The minimum Gasteiger partial charge on any atom is -0.493 e. The molecule has 0 aliphatic heterocycles. The first-order valence-electron chi connectivity index (χ1n) is 8.45. The molecule has 1 amide bonds. The summed E-state index contributed by atoms with van der Waals surface area (Å²) in [5.74, 6) is 1.90. The first kappa shape index (κ1) is 23.0. The molecule has 2 N–H and O–H groups in total. The molecule has 2 aromatic rings. The molecule has 0 unspecified atom stereocenters. The smallest absolute Gasteiger partial charge is 0.238 e. The normalized spacial score (nSPS) is 12.3. The molecule has 1 heterocycles. The third kappa shape index (κ3) is 7.62. The second-order valence-electron chi connectivity index (χ2n) is 6.13. The third-order valence-electron chi connectivity index (χ3n) is 4.01. The fourth-order valence-corrected chi connectivity index (χ4v) is 2.42. The quantitative estimate of drug-likeness (QED) is 0.658. The molecule has 0 spiro atoms. The van der Waals surface area contributed by atoms with Crippen LogP contribution < -0.4 is 20.1 Å². The van der Waals surface area contributed by atoms with Gasteiger partial charge in [0.1, 0.15) is 6.61 Å².